The van der Waals surface area contributed by atoms with Crippen LogP contribution in [0.1, 0.15) is 11.1 Å². The molecule has 3 aromatic carbocycles. The number of halogens is 1. The lowest BCUT2D eigenvalue weighted by atomic mass is 10.1. The zero-order chi connectivity index (χ0) is 22.7. The predicted molar refractivity (Wildman–Crippen MR) is 133 cm³/mol. The maximum absolute atomic E-state index is 12.7. The Morgan fingerprint density at radius 3 is 2.41 bits per heavy atom. The molecule has 4 rings (SSSR count). The molecule has 8 heteroatoms. The van der Waals surface area contributed by atoms with E-state index in [1.54, 1.807) is 28.5 Å². The first-order valence-electron chi connectivity index (χ1n) is 9.95. The number of nitrogens with one attached hydrogen (secondary N) is 2. The second-order valence-corrected chi connectivity index (χ2v) is 9.34. The monoisotopic (exact) mass is 480 g/mol. The summed E-state index contributed by atoms with van der Waals surface area (Å²) in [7, 11) is 0. The molecule has 0 aliphatic heterocycles. The predicted octanol–water partition coefficient (Wildman–Crippen LogP) is 6.67. The highest BCUT2D eigenvalue weighted by Crippen LogP contribution is 2.30. The molecule has 4 aromatic rings. The molecule has 0 aliphatic carbocycles. The molecule has 5 nitrogen and oxygen atoms in total. The third kappa shape index (κ3) is 5.30. The summed E-state index contributed by atoms with van der Waals surface area (Å²) in [4.78, 5) is 15.0. The zero-order valence-electron chi connectivity index (χ0n) is 17.6. The number of H-pyrrole nitrogens is 1. The number of carbonyl (C=O) groups excluding carboxylic acids is 1. The van der Waals surface area contributed by atoms with Crippen molar-refractivity contribution in [3.05, 3.63) is 87.7 Å². The molecule has 0 spiro atoms. The summed E-state index contributed by atoms with van der Waals surface area (Å²) in [6.07, 6.45) is 0. The van der Waals surface area contributed by atoms with Gasteiger partial charge in [-0.25, -0.2) is 0 Å². The van der Waals surface area contributed by atoms with Crippen molar-refractivity contribution in [2.75, 3.05) is 5.32 Å². The number of nitrogens with zero attached hydrogens (tertiary/aromatic N) is 2. The molecule has 0 saturated carbocycles. The SMILES string of the molecule is Cc1ccc(Sc2ccc(NC(=O)Cn3c(-c4ccc(Cl)cc4)n[nH]c3=S)cc2)cc1C. The molecule has 32 heavy (non-hydrogen) atoms. The maximum Gasteiger partial charge on any atom is 0.244 e. The van der Waals surface area contributed by atoms with Crippen LogP contribution in [0.25, 0.3) is 11.4 Å². The molecule has 0 atom stereocenters. The maximum atomic E-state index is 12.7. The first-order valence-corrected chi connectivity index (χ1v) is 11.6. The van der Waals surface area contributed by atoms with E-state index in [2.05, 4.69) is 47.6 Å². The molecule has 1 aromatic heterocycles. The Labute approximate surface area is 200 Å². The molecule has 1 amide bonds. The quantitative estimate of drug-likeness (QED) is 0.302. The Balaban J connectivity index is 1.43. The van der Waals surface area contributed by atoms with Crippen molar-refractivity contribution in [1.82, 2.24) is 14.8 Å². The normalized spacial score (nSPS) is 10.8. The summed E-state index contributed by atoms with van der Waals surface area (Å²) in [5.41, 5.74) is 4.10. The zero-order valence-corrected chi connectivity index (χ0v) is 19.9. The van der Waals surface area contributed by atoms with Crippen LogP contribution in [-0.2, 0) is 11.3 Å². The van der Waals surface area contributed by atoms with Gasteiger partial charge in [0, 0.05) is 26.1 Å². The Morgan fingerprint density at radius 1 is 1.03 bits per heavy atom. The number of hydrogen-bond donors (Lipinski definition) is 2. The number of aryl methyl sites for hydroxylation is 2. The van der Waals surface area contributed by atoms with Crippen LogP contribution in [0, 0.1) is 18.6 Å². The van der Waals surface area contributed by atoms with Crippen LogP contribution in [0.4, 0.5) is 5.69 Å². The molecule has 0 fully saturated rings. The molecule has 0 aliphatic rings. The van der Waals surface area contributed by atoms with E-state index < -0.39 is 0 Å². The van der Waals surface area contributed by atoms with E-state index >= 15 is 0 Å². The number of amides is 1. The van der Waals surface area contributed by atoms with Gasteiger partial charge in [-0.3, -0.25) is 14.5 Å². The van der Waals surface area contributed by atoms with Crippen LogP contribution in [0.5, 0.6) is 0 Å². The van der Waals surface area contributed by atoms with Gasteiger partial charge in [-0.1, -0.05) is 29.4 Å². The highest BCUT2D eigenvalue weighted by Gasteiger charge is 2.13. The molecule has 0 unspecified atom stereocenters. The van der Waals surface area contributed by atoms with Gasteiger partial charge in [-0.15, -0.1) is 0 Å². The van der Waals surface area contributed by atoms with Crippen molar-refractivity contribution in [1.29, 1.82) is 0 Å². The summed E-state index contributed by atoms with van der Waals surface area (Å²) in [6.45, 7) is 4.27. The van der Waals surface area contributed by atoms with E-state index in [1.165, 1.54) is 16.0 Å². The number of carbonyl (C=O) groups is 1. The summed E-state index contributed by atoms with van der Waals surface area (Å²) in [5.74, 6) is 0.397. The van der Waals surface area contributed by atoms with Crippen LogP contribution in [0.2, 0.25) is 5.02 Å². The van der Waals surface area contributed by atoms with Gasteiger partial charge in [0.25, 0.3) is 0 Å². The highest BCUT2D eigenvalue weighted by atomic mass is 35.5. The molecule has 1 heterocycles. The summed E-state index contributed by atoms with van der Waals surface area (Å²) < 4.78 is 2.04. The van der Waals surface area contributed by atoms with Crippen LogP contribution in [-0.4, -0.2) is 20.7 Å². The highest BCUT2D eigenvalue weighted by molar-refractivity contribution is 7.99. The smallest absolute Gasteiger partial charge is 0.244 e. The Kier molecular flexibility index (Phi) is 6.79. The lowest BCUT2D eigenvalue weighted by Crippen LogP contribution is -2.19. The van der Waals surface area contributed by atoms with E-state index in [9.17, 15) is 4.79 Å². The van der Waals surface area contributed by atoms with Gasteiger partial charge in [0.2, 0.25) is 5.91 Å². The molecule has 0 bridgehead atoms. The van der Waals surface area contributed by atoms with Crippen molar-refractivity contribution >= 4 is 47.2 Å². The van der Waals surface area contributed by atoms with E-state index in [4.69, 9.17) is 23.8 Å². The Morgan fingerprint density at radius 2 is 1.72 bits per heavy atom. The minimum absolute atomic E-state index is 0.0481. The second-order valence-electron chi connectivity index (χ2n) is 7.37. The van der Waals surface area contributed by atoms with E-state index in [1.807, 2.05) is 36.4 Å². The van der Waals surface area contributed by atoms with Crippen LogP contribution in [0.15, 0.2) is 76.5 Å². The number of rotatable bonds is 6. The second kappa shape index (κ2) is 9.73. The third-order valence-electron chi connectivity index (χ3n) is 5.01. The minimum atomic E-state index is -0.188. The lowest BCUT2D eigenvalue weighted by Gasteiger charge is -2.09. The average molecular weight is 481 g/mol. The van der Waals surface area contributed by atoms with Gasteiger partial charge in [0.15, 0.2) is 10.6 Å². The standard InChI is InChI=1S/C24H21ClN4OS2/c1-15-3-10-21(13-16(15)2)32-20-11-8-19(9-12-20)26-22(30)14-29-23(27-28-24(29)31)17-4-6-18(25)7-5-17/h3-13H,14H2,1-2H3,(H,26,30)(H,28,31). The Bertz CT molecular complexity index is 1310. The average Bonchev–Trinajstić information content (AvgIpc) is 3.13. The van der Waals surface area contributed by atoms with Crippen molar-refractivity contribution in [3.8, 4) is 11.4 Å². The molecule has 162 valence electrons. The number of anilines is 1. The van der Waals surface area contributed by atoms with Crippen LogP contribution >= 0.6 is 35.6 Å². The fraction of sp³-hybridized carbons (Fsp3) is 0.125. The van der Waals surface area contributed by atoms with E-state index in [-0.39, 0.29) is 12.5 Å². The summed E-state index contributed by atoms with van der Waals surface area (Å²) >= 11 is 13.0. The van der Waals surface area contributed by atoms with Crippen molar-refractivity contribution in [2.24, 2.45) is 0 Å². The van der Waals surface area contributed by atoms with Gasteiger partial charge in [-0.05, 0) is 97.9 Å². The van der Waals surface area contributed by atoms with Crippen molar-refractivity contribution in [2.45, 2.75) is 30.2 Å². The number of aromatic nitrogens is 3. The fourth-order valence-electron chi connectivity index (χ4n) is 3.15. The number of aromatic amines is 1. The van der Waals surface area contributed by atoms with Gasteiger partial charge in [0.05, 0.1) is 0 Å². The molecular weight excluding hydrogens is 460 g/mol. The van der Waals surface area contributed by atoms with Gasteiger partial charge in [-0.2, -0.15) is 5.10 Å². The topological polar surface area (TPSA) is 62.7 Å². The van der Waals surface area contributed by atoms with Crippen molar-refractivity contribution in [3.63, 3.8) is 0 Å². The molecular formula is C24H21ClN4OS2. The first-order chi connectivity index (χ1) is 15.4. The van der Waals surface area contributed by atoms with Gasteiger partial charge in [0.1, 0.15) is 6.54 Å². The lowest BCUT2D eigenvalue weighted by molar-refractivity contribution is -0.116. The van der Waals surface area contributed by atoms with E-state index in [0.717, 1.165) is 16.1 Å². The minimum Gasteiger partial charge on any atom is -0.325 e. The van der Waals surface area contributed by atoms with Crippen LogP contribution in [0.3, 0.4) is 0 Å². The molecule has 0 saturated heterocycles. The molecule has 2 N–H and O–H groups in total. The largest absolute Gasteiger partial charge is 0.325 e. The number of hydrogen-bond acceptors (Lipinski definition) is 4. The Hall–Kier alpha value is -2.87. The van der Waals surface area contributed by atoms with E-state index in [0.29, 0.717) is 15.6 Å². The third-order valence-corrected chi connectivity index (χ3v) is 6.58. The summed E-state index contributed by atoms with van der Waals surface area (Å²) in [5, 5.41) is 10.6. The summed E-state index contributed by atoms with van der Waals surface area (Å²) in [6, 6.07) is 21.5. The molecule has 0 radical (unpaired) electrons. The van der Waals surface area contributed by atoms with Gasteiger partial charge >= 0.3 is 0 Å². The first kappa shape index (κ1) is 22.3. The number of benzene rings is 3. The van der Waals surface area contributed by atoms with Crippen molar-refractivity contribution < 1.29 is 4.79 Å². The fourth-order valence-corrected chi connectivity index (χ4v) is 4.39. The van der Waals surface area contributed by atoms with Crippen LogP contribution < -0.4 is 5.32 Å². The van der Waals surface area contributed by atoms with Gasteiger partial charge < -0.3 is 5.32 Å².